The van der Waals surface area contributed by atoms with Gasteiger partial charge in [-0.1, -0.05) is 46.9 Å². The van der Waals surface area contributed by atoms with E-state index in [0.717, 1.165) is 0 Å². The fraction of sp³-hybridized carbons (Fsp3) is 0.0769. The number of nitrogen functional groups attached to an aromatic ring is 1. The Kier molecular flexibility index (Phi) is 4.40. The zero-order valence-corrected chi connectivity index (χ0v) is 11.9. The molecule has 0 saturated carbocycles. The molecule has 0 saturated heterocycles. The molecule has 0 aliphatic carbocycles. The van der Waals surface area contributed by atoms with E-state index in [-0.39, 0.29) is 11.6 Å². The van der Waals surface area contributed by atoms with Gasteiger partial charge in [-0.05, 0) is 12.1 Å². The molecule has 2 nitrogen and oxygen atoms in total. The van der Waals surface area contributed by atoms with Crippen LogP contribution in [0.2, 0.25) is 15.1 Å². The standard InChI is InChI=1S/C13H9Cl3FNO/c14-8-4-11(18)12(5-9(8)15)19-6-7-2-1-3-10(17)13(7)16/h1-5H,6,18H2. The first kappa shape index (κ1) is 14.3. The summed E-state index contributed by atoms with van der Waals surface area (Å²) in [5, 5.41) is 0.702. The van der Waals surface area contributed by atoms with Gasteiger partial charge >= 0.3 is 0 Å². The summed E-state index contributed by atoms with van der Waals surface area (Å²) < 4.78 is 18.7. The molecular weight excluding hydrogens is 312 g/mol. The molecule has 2 N–H and O–H groups in total. The van der Waals surface area contributed by atoms with Gasteiger partial charge in [-0.3, -0.25) is 0 Å². The largest absolute Gasteiger partial charge is 0.487 e. The van der Waals surface area contributed by atoms with Crippen LogP contribution in [-0.4, -0.2) is 0 Å². The van der Waals surface area contributed by atoms with Crippen molar-refractivity contribution in [3.05, 3.63) is 56.8 Å². The highest BCUT2D eigenvalue weighted by Crippen LogP contribution is 2.33. The van der Waals surface area contributed by atoms with E-state index >= 15 is 0 Å². The Morgan fingerprint density at radius 2 is 1.79 bits per heavy atom. The number of ether oxygens (including phenoxy) is 1. The van der Waals surface area contributed by atoms with Gasteiger partial charge in [0.25, 0.3) is 0 Å². The van der Waals surface area contributed by atoms with Crippen LogP contribution in [0.25, 0.3) is 0 Å². The van der Waals surface area contributed by atoms with Gasteiger partial charge < -0.3 is 10.5 Å². The van der Waals surface area contributed by atoms with E-state index in [2.05, 4.69) is 0 Å². The van der Waals surface area contributed by atoms with Crippen molar-refractivity contribution in [3.8, 4) is 5.75 Å². The van der Waals surface area contributed by atoms with Gasteiger partial charge in [0.05, 0.1) is 20.8 Å². The highest BCUT2D eigenvalue weighted by Gasteiger charge is 2.09. The van der Waals surface area contributed by atoms with Gasteiger partial charge in [-0.2, -0.15) is 0 Å². The minimum absolute atomic E-state index is 0.0288. The third-order valence-corrected chi connectivity index (χ3v) is 3.61. The summed E-state index contributed by atoms with van der Waals surface area (Å²) in [6.07, 6.45) is 0. The lowest BCUT2D eigenvalue weighted by Gasteiger charge is -2.11. The molecule has 0 bridgehead atoms. The number of hydrogen-bond donors (Lipinski definition) is 1. The summed E-state index contributed by atoms with van der Waals surface area (Å²) in [6, 6.07) is 7.50. The van der Waals surface area contributed by atoms with Crippen molar-refractivity contribution in [2.45, 2.75) is 6.61 Å². The molecular formula is C13H9Cl3FNO. The van der Waals surface area contributed by atoms with E-state index in [9.17, 15) is 4.39 Å². The van der Waals surface area contributed by atoms with Crippen LogP contribution < -0.4 is 10.5 Å². The van der Waals surface area contributed by atoms with Gasteiger partial charge in [0.1, 0.15) is 18.2 Å². The number of hydrogen-bond acceptors (Lipinski definition) is 2. The van der Waals surface area contributed by atoms with E-state index in [4.69, 9.17) is 45.3 Å². The van der Waals surface area contributed by atoms with Crippen molar-refractivity contribution >= 4 is 40.5 Å². The Hall–Kier alpha value is -1.16. The first-order valence-electron chi connectivity index (χ1n) is 5.29. The molecule has 0 heterocycles. The summed E-state index contributed by atoms with van der Waals surface area (Å²) in [5.41, 5.74) is 6.62. The van der Waals surface area contributed by atoms with Crippen molar-refractivity contribution in [2.24, 2.45) is 0 Å². The van der Waals surface area contributed by atoms with Crippen LogP contribution in [0, 0.1) is 5.82 Å². The van der Waals surface area contributed by atoms with Crippen LogP contribution in [0.4, 0.5) is 10.1 Å². The van der Waals surface area contributed by atoms with Crippen molar-refractivity contribution < 1.29 is 9.13 Å². The van der Waals surface area contributed by atoms with E-state index in [0.29, 0.717) is 27.0 Å². The number of anilines is 1. The molecule has 6 heteroatoms. The molecule has 0 amide bonds. The van der Waals surface area contributed by atoms with Crippen LogP contribution in [0.5, 0.6) is 5.75 Å². The lowest BCUT2D eigenvalue weighted by atomic mass is 10.2. The van der Waals surface area contributed by atoms with Gasteiger partial charge in [-0.15, -0.1) is 0 Å². The lowest BCUT2D eigenvalue weighted by molar-refractivity contribution is 0.307. The molecule has 19 heavy (non-hydrogen) atoms. The molecule has 0 spiro atoms. The van der Waals surface area contributed by atoms with Crippen LogP contribution in [-0.2, 0) is 6.61 Å². The van der Waals surface area contributed by atoms with Crippen molar-refractivity contribution in [3.63, 3.8) is 0 Å². The highest BCUT2D eigenvalue weighted by molar-refractivity contribution is 6.42. The molecule has 0 aromatic heterocycles. The Labute approximate surface area is 124 Å². The molecule has 0 radical (unpaired) electrons. The van der Waals surface area contributed by atoms with Crippen LogP contribution >= 0.6 is 34.8 Å². The molecule has 2 aromatic rings. The fourth-order valence-electron chi connectivity index (χ4n) is 1.48. The van der Waals surface area contributed by atoms with Crippen molar-refractivity contribution in [1.82, 2.24) is 0 Å². The SMILES string of the molecule is Nc1cc(Cl)c(Cl)cc1OCc1cccc(F)c1Cl. The molecule has 0 aliphatic heterocycles. The second-order valence-corrected chi connectivity index (χ2v) is 5.00. The molecule has 0 atom stereocenters. The minimum atomic E-state index is -0.495. The Morgan fingerprint density at radius 3 is 2.53 bits per heavy atom. The minimum Gasteiger partial charge on any atom is -0.487 e. The molecule has 0 unspecified atom stereocenters. The van der Waals surface area contributed by atoms with Crippen LogP contribution in [0.15, 0.2) is 30.3 Å². The maximum atomic E-state index is 13.3. The maximum absolute atomic E-state index is 13.3. The summed E-state index contributed by atoms with van der Waals surface area (Å²) in [6.45, 7) is 0.0821. The average molecular weight is 321 g/mol. The van der Waals surface area contributed by atoms with E-state index in [1.165, 1.54) is 18.2 Å². The molecule has 2 rings (SSSR count). The van der Waals surface area contributed by atoms with Gasteiger partial charge in [0.2, 0.25) is 0 Å². The van der Waals surface area contributed by atoms with E-state index in [1.54, 1.807) is 12.1 Å². The number of rotatable bonds is 3. The Bertz CT molecular complexity index is 619. The zero-order valence-electron chi connectivity index (χ0n) is 9.59. The molecule has 0 fully saturated rings. The van der Waals surface area contributed by atoms with Crippen LogP contribution in [0.3, 0.4) is 0 Å². The van der Waals surface area contributed by atoms with Crippen molar-refractivity contribution in [1.29, 1.82) is 0 Å². The average Bonchev–Trinajstić information content (AvgIpc) is 2.37. The fourth-order valence-corrected chi connectivity index (χ4v) is 1.99. The highest BCUT2D eigenvalue weighted by atomic mass is 35.5. The summed E-state index contributed by atoms with van der Waals surface area (Å²) in [4.78, 5) is 0. The number of nitrogens with two attached hydrogens (primary N) is 1. The van der Waals surface area contributed by atoms with Gasteiger partial charge in [0, 0.05) is 11.6 Å². The maximum Gasteiger partial charge on any atom is 0.144 e. The van der Waals surface area contributed by atoms with Gasteiger partial charge in [0.15, 0.2) is 0 Å². The quantitative estimate of drug-likeness (QED) is 0.812. The van der Waals surface area contributed by atoms with E-state index < -0.39 is 5.82 Å². The zero-order chi connectivity index (χ0) is 14.0. The molecule has 0 aliphatic rings. The predicted octanol–water partition coefficient (Wildman–Crippen LogP) is 4.95. The number of benzene rings is 2. The third-order valence-electron chi connectivity index (χ3n) is 2.47. The van der Waals surface area contributed by atoms with Crippen molar-refractivity contribution in [2.75, 3.05) is 5.73 Å². The molecule has 100 valence electrons. The summed E-state index contributed by atoms with van der Waals surface area (Å²) >= 11 is 17.5. The predicted molar refractivity (Wildman–Crippen MR) is 76.6 cm³/mol. The topological polar surface area (TPSA) is 35.2 Å². The molecule has 2 aromatic carbocycles. The monoisotopic (exact) mass is 319 g/mol. The van der Waals surface area contributed by atoms with Crippen LogP contribution in [0.1, 0.15) is 5.56 Å². The Balaban J connectivity index is 2.19. The first-order valence-corrected chi connectivity index (χ1v) is 6.42. The lowest BCUT2D eigenvalue weighted by Crippen LogP contribution is -2.00. The summed E-state index contributed by atoms with van der Waals surface area (Å²) in [5.74, 6) is -0.125. The smallest absolute Gasteiger partial charge is 0.144 e. The second kappa shape index (κ2) is 5.87. The third kappa shape index (κ3) is 3.24. The Morgan fingerprint density at radius 1 is 1.11 bits per heavy atom. The normalized spacial score (nSPS) is 10.5. The first-order chi connectivity index (χ1) is 8.99. The number of halogens is 4. The summed E-state index contributed by atoms with van der Waals surface area (Å²) in [7, 11) is 0. The van der Waals surface area contributed by atoms with E-state index in [1.807, 2.05) is 0 Å². The second-order valence-electron chi connectivity index (χ2n) is 3.81. The van der Waals surface area contributed by atoms with Gasteiger partial charge in [-0.25, -0.2) is 4.39 Å².